The van der Waals surface area contributed by atoms with Gasteiger partial charge in [0, 0.05) is 11.5 Å². The van der Waals surface area contributed by atoms with Gasteiger partial charge in [0.2, 0.25) is 0 Å². The molecule has 6 heteroatoms. The first-order valence-corrected chi connectivity index (χ1v) is 12.5. The van der Waals surface area contributed by atoms with Crippen LogP contribution in [0.4, 0.5) is 0 Å². The van der Waals surface area contributed by atoms with E-state index in [2.05, 4.69) is 20.8 Å². The number of allylic oxidation sites excluding steroid dienone is 2. The van der Waals surface area contributed by atoms with Gasteiger partial charge in [-0.25, -0.2) is 4.79 Å². The lowest BCUT2D eigenvalue weighted by Gasteiger charge is -2.52. The molecule has 2 saturated carbocycles. The molecule has 1 saturated heterocycles. The lowest BCUT2D eigenvalue weighted by atomic mass is 9.59. The summed E-state index contributed by atoms with van der Waals surface area (Å²) < 4.78 is 18.4. The fraction of sp³-hybridized carbons (Fsp3) is 0.714. The molecule has 8 atom stereocenters. The number of hydrogen-bond donors (Lipinski definition) is 1. The second-order valence-electron chi connectivity index (χ2n) is 12.2. The van der Waals surface area contributed by atoms with Gasteiger partial charge in [0.15, 0.2) is 23.3 Å². The van der Waals surface area contributed by atoms with E-state index in [1.807, 2.05) is 32.9 Å². The fourth-order valence-electron chi connectivity index (χ4n) is 7.62. The molecule has 6 nitrogen and oxygen atoms in total. The van der Waals surface area contributed by atoms with Crippen molar-refractivity contribution in [2.75, 3.05) is 6.61 Å². The Morgan fingerprint density at radius 3 is 2.59 bits per heavy atom. The van der Waals surface area contributed by atoms with E-state index in [1.165, 1.54) is 0 Å². The molecular formula is C28H38O6. The van der Waals surface area contributed by atoms with Gasteiger partial charge < -0.3 is 19.3 Å². The molecule has 2 bridgehead atoms. The number of carbonyl (C=O) groups is 2. The second-order valence-corrected chi connectivity index (χ2v) is 12.2. The molecule has 2 unspecified atom stereocenters. The van der Waals surface area contributed by atoms with Crippen LogP contribution in [0.3, 0.4) is 0 Å². The summed E-state index contributed by atoms with van der Waals surface area (Å²) in [7, 11) is 0. The van der Waals surface area contributed by atoms with Gasteiger partial charge in [0.25, 0.3) is 0 Å². The number of rotatable bonds is 2. The van der Waals surface area contributed by atoms with Gasteiger partial charge in [-0.3, -0.25) is 4.79 Å². The van der Waals surface area contributed by atoms with Crippen molar-refractivity contribution in [2.24, 2.45) is 34.5 Å². The fourth-order valence-corrected chi connectivity index (χ4v) is 7.62. The summed E-state index contributed by atoms with van der Waals surface area (Å²) in [5.41, 5.74) is -0.994. The highest BCUT2D eigenvalue weighted by atomic mass is 16.7. The zero-order valence-electron chi connectivity index (χ0n) is 21.6. The lowest BCUT2D eigenvalue weighted by molar-refractivity contribution is -0.303. The minimum Gasteiger partial charge on any atom is -0.451 e. The van der Waals surface area contributed by atoms with E-state index in [0.717, 1.165) is 12.0 Å². The summed E-state index contributed by atoms with van der Waals surface area (Å²) in [6.07, 6.45) is 4.62. The Bertz CT molecular complexity index is 1050. The van der Waals surface area contributed by atoms with Crippen LogP contribution in [-0.4, -0.2) is 47.1 Å². The summed E-state index contributed by atoms with van der Waals surface area (Å²) in [5, 5.41) is 12.9. The maximum absolute atomic E-state index is 14.6. The van der Waals surface area contributed by atoms with E-state index in [-0.39, 0.29) is 35.6 Å². The summed E-state index contributed by atoms with van der Waals surface area (Å²) in [6, 6.07) is 0. The van der Waals surface area contributed by atoms with Crippen LogP contribution in [0, 0.1) is 34.5 Å². The van der Waals surface area contributed by atoms with Crippen molar-refractivity contribution in [3.05, 3.63) is 34.9 Å². The van der Waals surface area contributed by atoms with Crippen molar-refractivity contribution in [3.8, 4) is 0 Å². The molecule has 0 amide bonds. The molecule has 186 valence electrons. The Kier molecular flexibility index (Phi) is 5.03. The number of ether oxygens (including phenoxy) is 3. The van der Waals surface area contributed by atoms with Crippen molar-refractivity contribution in [1.82, 2.24) is 0 Å². The van der Waals surface area contributed by atoms with Crippen LogP contribution in [0.15, 0.2) is 34.9 Å². The van der Waals surface area contributed by atoms with Gasteiger partial charge in [0.1, 0.15) is 6.10 Å². The molecule has 3 fully saturated rings. The van der Waals surface area contributed by atoms with Crippen molar-refractivity contribution in [1.29, 1.82) is 0 Å². The van der Waals surface area contributed by atoms with Crippen molar-refractivity contribution in [2.45, 2.75) is 85.4 Å². The topological polar surface area (TPSA) is 82.1 Å². The third-order valence-electron chi connectivity index (χ3n) is 9.65. The Morgan fingerprint density at radius 1 is 1.26 bits per heavy atom. The van der Waals surface area contributed by atoms with E-state index in [9.17, 15) is 14.7 Å². The summed E-state index contributed by atoms with van der Waals surface area (Å²) in [6.45, 7) is 15.8. The Morgan fingerprint density at radius 2 is 1.94 bits per heavy atom. The largest absolute Gasteiger partial charge is 0.451 e. The summed E-state index contributed by atoms with van der Waals surface area (Å²) >= 11 is 0. The summed E-state index contributed by atoms with van der Waals surface area (Å²) in [5.74, 6) is -1.30. The molecule has 5 aliphatic rings. The van der Waals surface area contributed by atoms with Gasteiger partial charge in [-0.05, 0) is 75.4 Å². The van der Waals surface area contributed by atoms with Gasteiger partial charge in [-0.2, -0.15) is 0 Å². The lowest BCUT2D eigenvalue weighted by Crippen LogP contribution is -2.68. The Labute approximate surface area is 202 Å². The smallest absolute Gasteiger partial charge is 0.334 e. The molecule has 5 rings (SSSR count). The van der Waals surface area contributed by atoms with E-state index in [1.54, 1.807) is 19.9 Å². The standard InChI is InChI=1S/C28H38O6/c1-9-14(2)24(30)33-22-15(3)12-27-16(4)10-19-20(25(19,5)6)18(21(27)29)11-17-13-32-26(7,8)34-23(17)28(22,27)31/h9,11-12,16,18-20,22-23,31H,10,13H2,1-8H3/b14-9-/t16-,18+,19-,20+,22+,23?,27+,28?/m1/s1. The number of esters is 1. The number of Topliss-reactive ketones (excluding diaryl/α,β-unsaturated/α-hetero) is 1. The van der Waals surface area contributed by atoms with Crippen molar-refractivity contribution >= 4 is 11.8 Å². The monoisotopic (exact) mass is 470 g/mol. The average molecular weight is 471 g/mol. The number of fused-ring (bicyclic) bond motifs is 5. The zero-order valence-corrected chi connectivity index (χ0v) is 21.6. The molecule has 4 aliphatic carbocycles. The van der Waals surface area contributed by atoms with Crippen molar-refractivity contribution in [3.63, 3.8) is 0 Å². The van der Waals surface area contributed by atoms with Crippen LogP contribution >= 0.6 is 0 Å². The first-order chi connectivity index (χ1) is 15.7. The first-order valence-electron chi connectivity index (χ1n) is 12.5. The quantitative estimate of drug-likeness (QED) is 0.371. The second kappa shape index (κ2) is 7.14. The van der Waals surface area contributed by atoms with Gasteiger partial charge >= 0.3 is 5.97 Å². The maximum Gasteiger partial charge on any atom is 0.334 e. The SMILES string of the molecule is C/C=C(/C)C(=O)O[C@H]1C(C)=C[C@]23C(=O)[C@@H](C=C4COC(C)(C)OC4C12O)[C@H]1[C@@H](C[C@H]3C)C1(C)C. The minimum atomic E-state index is -1.76. The van der Waals surface area contributed by atoms with Crippen LogP contribution < -0.4 is 0 Å². The van der Waals surface area contributed by atoms with E-state index < -0.39 is 35.0 Å². The maximum atomic E-state index is 14.6. The molecule has 1 spiro atoms. The van der Waals surface area contributed by atoms with Gasteiger partial charge in [0.05, 0.1) is 12.0 Å². The van der Waals surface area contributed by atoms with E-state index >= 15 is 0 Å². The third kappa shape index (κ3) is 2.85. The number of aliphatic hydroxyl groups is 1. The Balaban J connectivity index is 1.72. The van der Waals surface area contributed by atoms with Crippen LogP contribution in [-0.2, 0) is 23.8 Å². The van der Waals surface area contributed by atoms with Crippen LogP contribution in [0.25, 0.3) is 0 Å². The molecule has 0 aromatic carbocycles. The normalized spacial score (nSPS) is 46.1. The molecule has 0 aromatic rings. The summed E-state index contributed by atoms with van der Waals surface area (Å²) in [4.78, 5) is 27.5. The predicted molar refractivity (Wildman–Crippen MR) is 126 cm³/mol. The average Bonchev–Trinajstić information content (AvgIpc) is 3.25. The number of carbonyl (C=O) groups excluding carboxylic acids is 2. The van der Waals surface area contributed by atoms with E-state index in [0.29, 0.717) is 17.1 Å². The molecule has 1 heterocycles. The molecule has 1 N–H and O–H groups in total. The molecular weight excluding hydrogens is 432 g/mol. The first kappa shape index (κ1) is 24.0. The van der Waals surface area contributed by atoms with Crippen LogP contribution in [0.1, 0.15) is 61.8 Å². The number of ketones is 1. The van der Waals surface area contributed by atoms with E-state index in [4.69, 9.17) is 14.2 Å². The molecule has 0 radical (unpaired) electrons. The van der Waals surface area contributed by atoms with Crippen LogP contribution in [0.5, 0.6) is 0 Å². The highest BCUT2D eigenvalue weighted by molar-refractivity contribution is 5.96. The minimum absolute atomic E-state index is 0.0181. The highest BCUT2D eigenvalue weighted by Crippen LogP contribution is 2.72. The number of hydrogen-bond acceptors (Lipinski definition) is 6. The highest BCUT2D eigenvalue weighted by Gasteiger charge is 2.77. The molecule has 34 heavy (non-hydrogen) atoms. The zero-order chi connectivity index (χ0) is 25.0. The predicted octanol–water partition coefficient (Wildman–Crippen LogP) is 4.13. The molecule has 0 aromatic heterocycles. The molecule has 1 aliphatic heterocycles. The third-order valence-corrected chi connectivity index (χ3v) is 9.65. The van der Waals surface area contributed by atoms with Crippen molar-refractivity contribution < 1.29 is 28.9 Å². The van der Waals surface area contributed by atoms with Gasteiger partial charge in [-0.1, -0.05) is 39.0 Å². The Hall–Kier alpha value is -1.76. The van der Waals surface area contributed by atoms with Gasteiger partial charge in [-0.15, -0.1) is 0 Å². The van der Waals surface area contributed by atoms with Crippen LogP contribution in [0.2, 0.25) is 0 Å².